The third-order valence-electron chi connectivity index (χ3n) is 4.09. The lowest BCUT2D eigenvalue weighted by atomic mass is 10.1. The number of benzene rings is 2. The van der Waals surface area contributed by atoms with Gasteiger partial charge in [-0.1, -0.05) is 12.1 Å². The fourth-order valence-electron chi connectivity index (χ4n) is 2.82. The molecule has 3 aromatic rings. The molecule has 1 N–H and O–H groups in total. The minimum atomic E-state index is -0.293. The lowest BCUT2D eigenvalue weighted by Gasteiger charge is -2.21. The van der Waals surface area contributed by atoms with Crippen LogP contribution in [0.25, 0.3) is 11.4 Å². The van der Waals surface area contributed by atoms with Gasteiger partial charge in [-0.2, -0.15) is 0 Å². The fraction of sp³-hybridized carbons (Fsp3) is 0.222. The summed E-state index contributed by atoms with van der Waals surface area (Å²) in [5.41, 5.74) is 1.82. The van der Waals surface area contributed by atoms with Gasteiger partial charge in [0.1, 0.15) is 13.2 Å². The molecule has 138 valence electrons. The van der Waals surface area contributed by atoms with Crippen LogP contribution in [0.2, 0.25) is 0 Å². The number of hydrogen-bond donors (Lipinski definition) is 1. The zero-order valence-electron chi connectivity index (χ0n) is 14.8. The van der Waals surface area contributed by atoms with Gasteiger partial charge in [0.15, 0.2) is 17.3 Å². The number of tetrazole rings is 1. The van der Waals surface area contributed by atoms with Gasteiger partial charge >= 0.3 is 0 Å². The molecule has 0 fully saturated rings. The van der Waals surface area contributed by atoms with Gasteiger partial charge in [0.05, 0.1) is 7.11 Å². The van der Waals surface area contributed by atoms with Gasteiger partial charge in [-0.25, -0.2) is 4.68 Å². The van der Waals surface area contributed by atoms with E-state index in [0.29, 0.717) is 47.5 Å². The monoisotopic (exact) mass is 367 g/mol. The number of nitrogens with zero attached hydrogens (tertiary/aromatic N) is 4. The van der Waals surface area contributed by atoms with Crippen LogP contribution < -0.4 is 19.5 Å². The third kappa shape index (κ3) is 3.26. The number of aromatic nitrogens is 4. The summed E-state index contributed by atoms with van der Waals surface area (Å²) in [6.45, 7) is 0.869. The first-order chi connectivity index (χ1) is 13.2. The number of aryl methyl sites for hydroxylation is 1. The second kappa shape index (κ2) is 6.94. The first kappa shape index (κ1) is 16.8. The molecule has 0 spiro atoms. The van der Waals surface area contributed by atoms with Crippen LogP contribution in [0.4, 0.5) is 5.69 Å². The van der Waals surface area contributed by atoms with E-state index in [-0.39, 0.29) is 5.91 Å². The van der Waals surface area contributed by atoms with Gasteiger partial charge in [-0.3, -0.25) is 4.79 Å². The van der Waals surface area contributed by atoms with Crippen molar-refractivity contribution in [1.82, 2.24) is 20.2 Å². The molecule has 0 atom stereocenters. The summed E-state index contributed by atoms with van der Waals surface area (Å²) in [7, 11) is 3.27. The van der Waals surface area contributed by atoms with E-state index >= 15 is 0 Å². The molecule has 1 aliphatic rings. The average molecular weight is 367 g/mol. The highest BCUT2D eigenvalue weighted by Gasteiger charge is 2.21. The summed E-state index contributed by atoms with van der Waals surface area (Å²) < 4.78 is 18.0. The molecule has 9 heteroatoms. The Labute approximate surface area is 154 Å². The van der Waals surface area contributed by atoms with Crippen molar-refractivity contribution >= 4 is 11.6 Å². The van der Waals surface area contributed by atoms with Crippen LogP contribution >= 0.6 is 0 Å². The Balaban J connectivity index is 1.60. The van der Waals surface area contributed by atoms with Crippen molar-refractivity contribution in [3.63, 3.8) is 0 Å². The van der Waals surface area contributed by atoms with E-state index in [1.807, 2.05) is 12.1 Å². The molecular formula is C18H17N5O4. The second-order valence-corrected chi connectivity index (χ2v) is 5.86. The van der Waals surface area contributed by atoms with Crippen LogP contribution in [0.3, 0.4) is 0 Å². The van der Waals surface area contributed by atoms with Crippen molar-refractivity contribution in [3.8, 4) is 28.6 Å². The topological polar surface area (TPSA) is 100 Å². The highest BCUT2D eigenvalue weighted by atomic mass is 16.6. The summed E-state index contributed by atoms with van der Waals surface area (Å²) >= 11 is 0. The number of carbonyl (C=O) groups is 1. The lowest BCUT2D eigenvalue weighted by Crippen LogP contribution is -2.18. The van der Waals surface area contributed by atoms with Gasteiger partial charge in [0, 0.05) is 23.9 Å². The molecular weight excluding hydrogens is 350 g/mol. The number of hydrogen-bond acceptors (Lipinski definition) is 7. The molecule has 9 nitrogen and oxygen atoms in total. The molecule has 0 radical (unpaired) electrons. The summed E-state index contributed by atoms with van der Waals surface area (Å²) in [6, 6.07) is 10.6. The van der Waals surface area contributed by atoms with Crippen molar-refractivity contribution in [2.24, 2.45) is 7.05 Å². The zero-order valence-corrected chi connectivity index (χ0v) is 14.8. The first-order valence-corrected chi connectivity index (χ1v) is 8.27. The number of fused-ring (bicyclic) bond motifs is 1. The molecule has 1 amide bonds. The van der Waals surface area contributed by atoms with Gasteiger partial charge < -0.3 is 19.5 Å². The molecule has 0 unspecified atom stereocenters. The highest BCUT2D eigenvalue weighted by Crippen LogP contribution is 2.40. The third-order valence-corrected chi connectivity index (χ3v) is 4.09. The quantitative estimate of drug-likeness (QED) is 0.752. The molecule has 2 heterocycles. The maximum atomic E-state index is 12.7. The standard InChI is InChI=1S/C18H17N5O4/c1-23-17(20-21-22-23)11-4-3-5-13(8-11)19-18(24)12-9-14(25-2)16-15(10-12)26-6-7-27-16/h3-5,8-10H,6-7H2,1-2H3,(H,19,24). The molecule has 0 bridgehead atoms. The number of amides is 1. The molecule has 4 rings (SSSR count). The lowest BCUT2D eigenvalue weighted by molar-refractivity contribution is 0.102. The van der Waals surface area contributed by atoms with Crippen molar-refractivity contribution in [1.29, 1.82) is 0 Å². The van der Waals surface area contributed by atoms with Gasteiger partial charge in [-0.05, 0) is 34.7 Å². The van der Waals surface area contributed by atoms with E-state index in [4.69, 9.17) is 14.2 Å². The minimum Gasteiger partial charge on any atom is -0.493 e. The normalized spacial score (nSPS) is 12.5. The summed E-state index contributed by atoms with van der Waals surface area (Å²) in [4.78, 5) is 12.7. The van der Waals surface area contributed by atoms with Gasteiger partial charge in [0.2, 0.25) is 5.75 Å². The number of nitrogens with one attached hydrogen (secondary N) is 1. The number of carbonyl (C=O) groups excluding carboxylic acids is 1. The molecule has 27 heavy (non-hydrogen) atoms. The maximum Gasteiger partial charge on any atom is 0.255 e. The smallest absolute Gasteiger partial charge is 0.255 e. The SMILES string of the molecule is COc1cc(C(=O)Nc2cccc(-c3nnnn3C)c2)cc2c1OCCO2. The van der Waals surface area contributed by atoms with Crippen molar-refractivity contribution in [3.05, 3.63) is 42.0 Å². The van der Waals surface area contributed by atoms with E-state index in [9.17, 15) is 4.79 Å². The van der Waals surface area contributed by atoms with Crippen molar-refractivity contribution in [2.45, 2.75) is 0 Å². The summed E-state index contributed by atoms with van der Waals surface area (Å²) in [6.07, 6.45) is 0. The van der Waals surface area contributed by atoms with Gasteiger partial charge in [-0.15, -0.1) is 5.10 Å². The van der Waals surface area contributed by atoms with Crippen LogP contribution in [0, 0.1) is 0 Å². The van der Waals surface area contributed by atoms with Gasteiger partial charge in [0.25, 0.3) is 5.91 Å². The second-order valence-electron chi connectivity index (χ2n) is 5.86. The molecule has 2 aromatic carbocycles. The molecule has 1 aromatic heterocycles. The summed E-state index contributed by atoms with van der Waals surface area (Å²) in [5.74, 6) is 1.77. The van der Waals surface area contributed by atoms with Crippen LogP contribution in [-0.2, 0) is 7.05 Å². The van der Waals surface area contributed by atoms with E-state index in [1.165, 1.54) is 7.11 Å². The minimum absolute atomic E-state index is 0.293. The average Bonchev–Trinajstić information content (AvgIpc) is 3.13. The van der Waals surface area contributed by atoms with Crippen LogP contribution in [0.5, 0.6) is 17.2 Å². The Morgan fingerprint density at radius 1 is 1.22 bits per heavy atom. The first-order valence-electron chi connectivity index (χ1n) is 8.27. The zero-order chi connectivity index (χ0) is 18.8. The molecule has 0 aliphatic carbocycles. The van der Waals surface area contributed by atoms with E-state index in [0.717, 1.165) is 5.56 Å². The van der Waals surface area contributed by atoms with Crippen molar-refractivity contribution < 1.29 is 19.0 Å². The fourth-order valence-corrected chi connectivity index (χ4v) is 2.82. The predicted molar refractivity (Wildman–Crippen MR) is 96.2 cm³/mol. The Kier molecular flexibility index (Phi) is 4.33. The van der Waals surface area contributed by atoms with E-state index in [1.54, 1.807) is 36.0 Å². The predicted octanol–water partition coefficient (Wildman–Crippen LogP) is 1.91. The maximum absolute atomic E-state index is 12.7. The van der Waals surface area contributed by atoms with E-state index < -0.39 is 0 Å². The summed E-state index contributed by atoms with van der Waals surface area (Å²) in [5, 5.41) is 14.3. The van der Waals surface area contributed by atoms with Crippen LogP contribution in [-0.4, -0.2) is 46.4 Å². The van der Waals surface area contributed by atoms with Crippen LogP contribution in [0.15, 0.2) is 36.4 Å². The number of ether oxygens (including phenoxy) is 3. The highest BCUT2D eigenvalue weighted by molar-refractivity contribution is 6.05. The molecule has 0 saturated carbocycles. The largest absolute Gasteiger partial charge is 0.493 e. The number of anilines is 1. The Morgan fingerprint density at radius 3 is 2.85 bits per heavy atom. The Bertz CT molecular complexity index is 984. The molecule has 0 saturated heterocycles. The Morgan fingerprint density at radius 2 is 2.07 bits per heavy atom. The van der Waals surface area contributed by atoms with Crippen LogP contribution in [0.1, 0.15) is 10.4 Å². The Hall–Kier alpha value is -3.62. The number of rotatable bonds is 4. The molecule has 1 aliphatic heterocycles. The van der Waals surface area contributed by atoms with Crippen molar-refractivity contribution in [2.75, 3.05) is 25.6 Å². The van der Waals surface area contributed by atoms with E-state index in [2.05, 4.69) is 20.8 Å². The number of methoxy groups -OCH3 is 1.